The van der Waals surface area contributed by atoms with Crippen LogP contribution in [0.1, 0.15) is 17.4 Å². The first kappa shape index (κ1) is 17.5. The van der Waals surface area contributed by atoms with E-state index in [4.69, 9.17) is 0 Å². The molecular formula is C21H19N5O2. The molecule has 2 heterocycles. The molecule has 2 aromatic carbocycles. The number of imidazole rings is 1. The van der Waals surface area contributed by atoms with E-state index in [1.165, 1.54) is 0 Å². The Kier molecular flexibility index (Phi) is 4.88. The normalized spacial score (nSPS) is 11.9. The number of carbonyl (C=O) groups is 1. The lowest BCUT2D eigenvalue weighted by Gasteiger charge is -2.17. The lowest BCUT2D eigenvalue weighted by molar-refractivity contribution is 0.248. The number of carbonyl (C=O) groups excluding carboxylic acids is 1. The number of fused-ring (bicyclic) bond motifs is 1. The van der Waals surface area contributed by atoms with E-state index < -0.39 is 0 Å². The fourth-order valence-corrected chi connectivity index (χ4v) is 2.98. The van der Waals surface area contributed by atoms with E-state index in [-0.39, 0.29) is 17.8 Å². The van der Waals surface area contributed by atoms with Gasteiger partial charge in [0.05, 0.1) is 17.1 Å². The van der Waals surface area contributed by atoms with Crippen LogP contribution in [0.3, 0.4) is 0 Å². The van der Waals surface area contributed by atoms with E-state index >= 15 is 0 Å². The minimum Gasteiger partial charge on any atom is -0.508 e. The number of H-pyrrole nitrogens is 1. The first-order valence-corrected chi connectivity index (χ1v) is 8.87. The molecule has 1 atom stereocenters. The predicted octanol–water partition coefficient (Wildman–Crippen LogP) is 3.77. The monoisotopic (exact) mass is 373 g/mol. The molecule has 7 heteroatoms. The van der Waals surface area contributed by atoms with Crippen LogP contribution in [0.5, 0.6) is 5.75 Å². The second-order valence-electron chi connectivity index (χ2n) is 6.40. The van der Waals surface area contributed by atoms with Crippen LogP contribution in [0, 0.1) is 0 Å². The number of aromatic nitrogens is 3. The zero-order valence-corrected chi connectivity index (χ0v) is 15.0. The molecule has 0 aliphatic rings. The van der Waals surface area contributed by atoms with Gasteiger partial charge in [0.2, 0.25) is 0 Å². The number of aromatic amines is 1. The van der Waals surface area contributed by atoms with Gasteiger partial charge in [0.1, 0.15) is 11.6 Å². The predicted molar refractivity (Wildman–Crippen MR) is 107 cm³/mol. The number of hydrogen-bond donors (Lipinski definition) is 4. The summed E-state index contributed by atoms with van der Waals surface area (Å²) < 4.78 is 0. The minimum atomic E-state index is -0.376. The number of urea groups is 1. The maximum atomic E-state index is 12.5. The molecule has 4 N–H and O–H groups in total. The highest BCUT2D eigenvalue weighted by atomic mass is 16.3. The quantitative estimate of drug-likeness (QED) is 0.427. The summed E-state index contributed by atoms with van der Waals surface area (Å²) in [6, 6.07) is 17.4. The number of pyridine rings is 1. The lowest BCUT2D eigenvalue weighted by atomic mass is 10.1. The molecule has 0 saturated carbocycles. The van der Waals surface area contributed by atoms with E-state index in [1.54, 1.807) is 36.7 Å². The third kappa shape index (κ3) is 4.09. The van der Waals surface area contributed by atoms with Gasteiger partial charge in [-0.05, 0) is 48.4 Å². The van der Waals surface area contributed by atoms with E-state index in [0.717, 1.165) is 16.6 Å². The van der Waals surface area contributed by atoms with Crippen molar-refractivity contribution >= 4 is 22.8 Å². The Morgan fingerprint density at radius 3 is 2.54 bits per heavy atom. The van der Waals surface area contributed by atoms with Crippen molar-refractivity contribution in [2.45, 2.75) is 12.5 Å². The number of para-hydroxylation sites is 2. The van der Waals surface area contributed by atoms with E-state index in [9.17, 15) is 9.90 Å². The van der Waals surface area contributed by atoms with E-state index in [1.807, 2.05) is 36.4 Å². The number of aromatic hydroxyl groups is 1. The smallest absolute Gasteiger partial charge is 0.319 e. The topological polar surface area (TPSA) is 103 Å². The molecule has 4 rings (SSSR count). The van der Waals surface area contributed by atoms with Crippen LogP contribution < -0.4 is 10.6 Å². The van der Waals surface area contributed by atoms with Gasteiger partial charge in [-0.25, -0.2) is 9.78 Å². The van der Waals surface area contributed by atoms with Gasteiger partial charge >= 0.3 is 6.03 Å². The molecule has 0 spiro atoms. The number of amides is 2. The van der Waals surface area contributed by atoms with Crippen molar-refractivity contribution < 1.29 is 9.90 Å². The van der Waals surface area contributed by atoms with Crippen molar-refractivity contribution in [1.82, 2.24) is 20.3 Å². The highest BCUT2D eigenvalue weighted by Gasteiger charge is 2.19. The summed E-state index contributed by atoms with van der Waals surface area (Å²) in [5, 5.41) is 15.3. The lowest BCUT2D eigenvalue weighted by Crippen LogP contribution is -2.34. The van der Waals surface area contributed by atoms with Gasteiger partial charge < -0.3 is 20.7 Å². The van der Waals surface area contributed by atoms with Gasteiger partial charge in [0.25, 0.3) is 0 Å². The highest BCUT2D eigenvalue weighted by molar-refractivity contribution is 5.89. The number of nitrogens with one attached hydrogen (secondary N) is 3. The van der Waals surface area contributed by atoms with Gasteiger partial charge in [-0.15, -0.1) is 0 Å². The van der Waals surface area contributed by atoms with Crippen LogP contribution in [0.2, 0.25) is 0 Å². The summed E-state index contributed by atoms with van der Waals surface area (Å²) in [5.74, 6) is 0.867. The number of phenolic OH excluding ortho intramolecular Hbond substituents is 1. The number of phenols is 1. The number of benzene rings is 2. The average molecular weight is 373 g/mol. The Morgan fingerprint density at radius 2 is 1.79 bits per heavy atom. The van der Waals surface area contributed by atoms with Crippen LogP contribution >= 0.6 is 0 Å². The summed E-state index contributed by atoms with van der Waals surface area (Å²) in [4.78, 5) is 24.4. The van der Waals surface area contributed by atoms with Crippen molar-refractivity contribution in [2.75, 3.05) is 5.32 Å². The zero-order chi connectivity index (χ0) is 19.3. The van der Waals surface area contributed by atoms with Crippen LogP contribution in [0.15, 0.2) is 73.1 Å². The van der Waals surface area contributed by atoms with E-state index in [2.05, 4.69) is 25.6 Å². The first-order chi connectivity index (χ1) is 13.7. The molecule has 28 heavy (non-hydrogen) atoms. The van der Waals surface area contributed by atoms with Gasteiger partial charge in [-0.1, -0.05) is 24.3 Å². The van der Waals surface area contributed by atoms with Gasteiger partial charge in [-0.2, -0.15) is 0 Å². The number of rotatable bonds is 5. The summed E-state index contributed by atoms with van der Waals surface area (Å²) >= 11 is 0. The summed E-state index contributed by atoms with van der Waals surface area (Å²) in [7, 11) is 0. The van der Waals surface area contributed by atoms with Crippen LogP contribution in [0.4, 0.5) is 10.5 Å². The minimum absolute atomic E-state index is 0.201. The largest absolute Gasteiger partial charge is 0.508 e. The molecule has 140 valence electrons. The van der Waals surface area contributed by atoms with Crippen LogP contribution in [-0.2, 0) is 6.42 Å². The summed E-state index contributed by atoms with van der Waals surface area (Å²) in [6.07, 6.45) is 3.75. The van der Waals surface area contributed by atoms with Gasteiger partial charge in [0.15, 0.2) is 0 Å². The maximum Gasteiger partial charge on any atom is 0.319 e. The van der Waals surface area contributed by atoms with Crippen molar-refractivity contribution in [1.29, 1.82) is 0 Å². The molecule has 2 aromatic heterocycles. The third-order valence-corrected chi connectivity index (χ3v) is 4.36. The zero-order valence-electron chi connectivity index (χ0n) is 15.0. The molecule has 0 aliphatic carbocycles. The van der Waals surface area contributed by atoms with Crippen LogP contribution in [-0.4, -0.2) is 26.1 Å². The molecule has 0 saturated heterocycles. The van der Waals surface area contributed by atoms with Crippen LogP contribution in [0.25, 0.3) is 11.0 Å². The summed E-state index contributed by atoms with van der Waals surface area (Å²) in [5.41, 5.74) is 3.36. The van der Waals surface area contributed by atoms with Gasteiger partial charge in [-0.3, -0.25) is 4.98 Å². The number of anilines is 1. The van der Waals surface area contributed by atoms with Crippen molar-refractivity contribution in [3.63, 3.8) is 0 Å². The fraction of sp³-hybridized carbons (Fsp3) is 0.0952. The van der Waals surface area contributed by atoms with E-state index in [0.29, 0.717) is 17.9 Å². The third-order valence-electron chi connectivity index (χ3n) is 4.36. The maximum absolute atomic E-state index is 12.5. The second-order valence-corrected chi connectivity index (χ2v) is 6.40. The average Bonchev–Trinajstić information content (AvgIpc) is 3.14. The Balaban J connectivity index is 1.58. The molecule has 0 radical (unpaired) electrons. The molecule has 0 bridgehead atoms. The van der Waals surface area contributed by atoms with Crippen molar-refractivity contribution in [3.8, 4) is 5.75 Å². The van der Waals surface area contributed by atoms with Crippen molar-refractivity contribution in [3.05, 3.63) is 84.4 Å². The SMILES string of the molecule is O=C(Nc1ccncc1)N[C@H](Cc1ccc(O)cc1)c1nc2ccccc2[nH]1. The molecule has 0 fully saturated rings. The summed E-state index contributed by atoms with van der Waals surface area (Å²) in [6.45, 7) is 0. The number of nitrogens with zero attached hydrogens (tertiary/aromatic N) is 2. The first-order valence-electron chi connectivity index (χ1n) is 8.87. The molecule has 0 unspecified atom stereocenters. The molecule has 4 aromatic rings. The molecule has 7 nitrogen and oxygen atoms in total. The molecular weight excluding hydrogens is 354 g/mol. The van der Waals surface area contributed by atoms with Gasteiger partial charge in [0, 0.05) is 18.1 Å². The molecule has 0 aliphatic heterocycles. The Morgan fingerprint density at radius 1 is 1.04 bits per heavy atom. The Labute approximate surface area is 161 Å². The second kappa shape index (κ2) is 7.79. The Bertz CT molecular complexity index is 1040. The Hall–Kier alpha value is -3.87. The highest BCUT2D eigenvalue weighted by Crippen LogP contribution is 2.21. The fourth-order valence-electron chi connectivity index (χ4n) is 2.98. The standard InChI is InChI=1S/C21H19N5O2/c27-16-7-5-14(6-8-16)13-19(20-24-17-3-1-2-4-18(17)25-20)26-21(28)23-15-9-11-22-12-10-15/h1-12,19,27H,13H2,(H,24,25)(H2,22,23,26,28)/t19-/m1/s1. The number of hydrogen-bond acceptors (Lipinski definition) is 4. The van der Waals surface area contributed by atoms with Crippen molar-refractivity contribution in [2.24, 2.45) is 0 Å². The molecule has 2 amide bonds.